The van der Waals surface area contributed by atoms with Crippen molar-refractivity contribution in [3.8, 4) is 0 Å². The van der Waals surface area contributed by atoms with Crippen LogP contribution < -0.4 is 15.2 Å². The van der Waals surface area contributed by atoms with Crippen LogP contribution in [0.5, 0.6) is 0 Å². The average Bonchev–Trinajstić information content (AvgIpc) is 2.37. The molecule has 0 radical (unpaired) electrons. The van der Waals surface area contributed by atoms with E-state index in [0.29, 0.717) is 18.5 Å². The van der Waals surface area contributed by atoms with Crippen LogP contribution in [0.4, 0.5) is 0 Å². The van der Waals surface area contributed by atoms with Gasteiger partial charge in [-0.05, 0) is 17.5 Å². The summed E-state index contributed by atoms with van der Waals surface area (Å²) in [5.74, 6) is -0.114. The Morgan fingerprint density at radius 1 is 0.952 bits per heavy atom. The van der Waals surface area contributed by atoms with Gasteiger partial charge in [0.1, 0.15) is 0 Å². The van der Waals surface area contributed by atoms with Gasteiger partial charge in [0, 0.05) is 19.6 Å². The van der Waals surface area contributed by atoms with Crippen LogP contribution in [0.1, 0.15) is 17.5 Å². The van der Waals surface area contributed by atoms with Gasteiger partial charge >= 0.3 is 0 Å². The lowest BCUT2D eigenvalue weighted by atomic mass is 10.1. The number of benzene rings is 1. The topological polar surface area (TPSA) is 118 Å². The average molecular weight is 335 g/mol. The Morgan fingerprint density at radius 2 is 1.48 bits per heavy atom. The van der Waals surface area contributed by atoms with Crippen molar-refractivity contribution in [1.29, 1.82) is 0 Å². The molecule has 1 aromatic carbocycles. The van der Waals surface area contributed by atoms with Crippen LogP contribution >= 0.6 is 0 Å². The van der Waals surface area contributed by atoms with Crippen molar-refractivity contribution in [1.82, 2.24) is 9.44 Å². The van der Waals surface area contributed by atoms with Crippen molar-refractivity contribution in [3.63, 3.8) is 0 Å². The summed E-state index contributed by atoms with van der Waals surface area (Å²) in [6.45, 7) is 0.802. The van der Waals surface area contributed by atoms with Crippen LogP contribution in [-0.2, 0) is 32.3 Å². The molecule has 0 unspecified atom stereocenters. The monoisotopic (exact) mass is 335 g/mol. The minimum Gasteiger partial charge on any atom is -0.326 e. The molecule has 4 N–H and O–H groups in total. The molecule has 1 rings (SSSR count). The summed E-state index contributed by atoms with van der Waals surface area (Å²) in [5.41, 5.74) is 7.09. The first-order valence-electron chi connectivity index (χ1n) is 6.42. The van der Waals surface area contributed by atoms with Gasteiger partial charge in [0.2, 0.25) is 20.0 Å². The summed E-state index contributed by atoms with van der Waals surface area (Å²) >= 11 is 0. The minimum absolute atomic E-state index is 0.114. The fraction of sp³-hybridized carbons (Fsp3) is 0.500. The number of rotatable bonds is 9. The van der Waals surface area contributed by atoms with Gasteiger partial charge in [-0.2, -0.15) is 0 Å². The van der Waals surface area contributed by atoms with E-state index < -0.39 is 20.0 Å². The van der Waals surface area contributed by atoms with E-state index in [1.807, 2.05) is 0 Å². The number of hydrogen-bond acceptors (Lipinski definition) is 5. The predicted molar refractivity (Wildman–Crippen MR) is 82.4 cm³/mol. The Labute approximate surface area is 126 Å². The fourth-order valence-corrected chi connectivity index (χ4v) is 3.32. The molecule has 0 spiro atoms. The zero-order valence-corrected chi connectivity index (χ0v) is 13.5. The van der Waals surface area contributed by atoms with E-state index in [1.165, 1.54) is 0 Å². The van der Waals surface area contributed by atoms with E-state index in [9.17, 15) is 16.8 Å². The Balaban J connectivity index is 2.39. The molecule has 0 aliphatic carbocycles. The lowest BCUT2D eigenvalue weighted by molar-refractivity contribution is 0.574. The minimum atomic E-state index is -3.43. The van der Waals surface area contributed by atoms with Gasteiger partial charge < -0.3 is 5.73 Å². The second-order valence-corrected chi connectivity index (χ2v) is 8.33. The van der Waals surface area contributed by atoms with Crippen molar-refractivity contribution in [2.45, 2.75) is 18.7 Å². The van der Waals surface area contributed by atoms with Gasteiger partial charge in [0.05, 0.1) is 12.0 Å². The lowest BCUT2D eigenvalue weighted by Crippen LogP contribution is -2.30. The van der Waals surface area contributed by atoms with Crippen molar-refractivity contribution >= 4 is 20.0 Å². The molecule has 0 fully saturated rings. The van der Waals surface area contributed by atoms with Crippen LogP contribution in [0.2, 0.25) is 0 Å². The van der Waals surface area contributed by atoms with E-state index in [-0.39, 0.29) is 18.8 Å². The quantitative estimate of drug-likeness (QED) is 0.526. The normalized spacial score (nSPS) is 12.5. The van der Waals surface area contributed by atoms with E-state index in [0.717, 1.165) is 11.8 Å². The standard InChI is InChI=1S/C12H21N3O4S2/c1-20(16,17)14-7-2-8-15-21(18,19)10-12-5-3-11(9-13)4-6-12/h3-6,14-15H,2,7-10,13H2,1H3. The van der Waals surface area contributed by atoms with E-state index in [4.69, 9.17) is 5.73 Å². The Bertz CT molecular complexity index is 640. The highest BCUT2D eigenvalue weighted by Crippen LogP contribution is 2.07. The van der Waals surface area contributed by atoms with Gasteiger partial charge in [-0.3, -0.25) is 0 Å². The highest BCUT2D eigenvalue weighted by molar-refractivity contribution is 7.89. The zero-order chi connectivity index (χ0) is 15.9. The van der Waals surface area contributed by atoms with E-state index in [2.05, 4.69) is 9.44 Å². The van der Waals surface area contributed by atoms with Crippen molar-refractivity contribution < 1.29 is 16.8 Å². The van der Waals surface area contributed by atoms with Crippen molar-refractivity contribution in [2.24, 2.45) is 5.73 Å². The molecule has 0 heterocycles. The molecule has 0 saturated heterocycles. The molecule has 0 amide bonds. The fourth-order valence-electron chi connectivity index (χ4n) is 1.62. The Kier molecular flexibility index (Phi) is 6.75. The van der Waals surface area contributed by atoms with Crippen LogP contribution in [0, 0.1) is 0 Å². The van der Waals surface area contributed by atoms with Gasteiger partial charge in [0.15, 0.2) is 0 Å². The molecule has 21 heavy (non-hydrogen) atoms. The first-order valence-corrected chi connectivity index (χ1v) is 9.96. The molecule has 0 bridgehead atoms. The second kappa shape index (κ2) is 7.85. The molecular formula is C12H21N3O4S2. The van der Waals surface area contributed by atoms with Crippen molar-refractivity contribution in [3.05, 3.63) is 35.4 Å². The Morgan fingerprint density at radius 3 is 2.00 bits per heavy atom. The van der Waals surface area contributed by atoms with Gasteiger partial charge in [-0.25, -0.2) is 26.3 Å². The molecular weight excluding hydrogens is 314 g/mol. The van der Waals surface area contributed by atoms with Crippen molar-refractivity contribution in [2.75, 3.05) is 19.3 Å². The first-order chi connectivity index (χ1) is 9.72. The summed E-state index contributed by atoms with van der Waals surface area (Å²) in [5, 5.41) is 0. The highest BCUT2D eigenvalue weighted by atomic mass is 32.2. The maximum Gasteiger partial charge on any atom is 0.215 e. The largest absolute Gasteiger partial charge is 0.326 e. The van der Waals surface area contributed by atoms with Gasteiger partial charge in [0.25, 0.3) is 0 Å². The molecule has 0 aromatic heterocycles. The maximum absolute atomic E-state index is 11.8. The third-order valence-corrected chi connectivity index (χ3v) is 4.74. The van der Waals surface area contributed by atoms with Crippen LogP contribution in [-0.4, -0.2) is 36.2 Å². The second-order valence-electron chi connectivity index (χ2n) is 4.69. The number of nitrogens with two attached hydrogens (primary N) is 1. The highest BCUT2D eigenvalue weighted by Gasteiger charge is 2.10. The third-order valence-electron chi connectivity index (χ3n) is 2.66. The van der Waals surface area contributed by atoms with Crippen LogP contribution in [0.25, 0.3) is 0 Å². The first kappa shape index (κ1) is 18.1. The summed E-state index contributed by atoms with van der Waals surface area (Å²) < 4.78 is 50.1. The molecule has 0 aliphatic heterocycles. The molecule has 0 atom stereocenters. The smallest absolute Gasteiger partial charge is 0.215 e. The van der Waals surface area contributed by atoms with Gasteiger partial charge in [-0.15, -0.1) is 0 Å². The molecule has 1 aromatic rings. The third kappa shape index (κ3) is 8.12. The number of sulfonamides is 2. The predicted octanol–water partition coefficient (Wildman–Crippen LogP) is -0.496. The SMILES string of the molecule is CS(=O)(=O)NCCCNS(=O)(=O)Cc1ccc(CN)cc1. The molecule has 0 saturated carbocycles. The van der Waals surface area contributed by atoms with Gasteiger partial charge in [-0.1, -0.05) is 24.3 Å². The summed E-state index contributed by atoms with van der Waals surface area (Å²) in [6, 6.07) is 7.04. The zero-order valence-electron chi connectivity index (χ0n) is 11.9. The molecule has 9 heteroatoms. The summed E-state index contributed by atoms with van der Waals surface area (Å²) in [7, 11) is -6.66. The lowest BCUT2D eigenvalue weighted by Gasteiger charge is -2.07. The number of hydrogen-bond donors (Lipinski definition) is 3. The van der Waals surface area contributed by atoms with Crippen LogP contribution in [0.3, 0.4) is 0 Å². The van der Waals surface area contributed by atoms with E-state index in [1.54, 1.807) is 24.3 Å². The number of nitrogens with one attached hydrogen (secondary N) is 2. The summed E-state index contributed by atoms with van der Waals surface area (Å²) in [6.07, 6.45) is 1.45. The Hall–Kier alpha value is -1.00. The van der Waals surface area contributed by atoms with Crippen LogP contribution in [0.15, 0.2) is 24.3 Å². The van der Waals surface area contributed by atoms with E-state index >= 15 is 0 Å². The molecule has 0 aliphatic rings. The maximum atomic E-state index is 11.8. The summed E-state index contributed by atoms with van der Waals surface area (Å²) in [4.78, 5) is 0. The molecule has 7 nitrogen and oxygen atoms in total. The molecule has 120 valence electrons.